The Morgan fingerprint density at radius 3 is 2.20 bits per heavy atom. The molecular formula is C39H48O7. The van der Waals surface area contributed by atoms with Gasteiger partial charge in [-0.1, -0.05) is 68.7 Å². The molecule has 6 aliphatic rings. The van der Waals surface area contributed by atoms with Gasteiger partial charge in [-0.2, -0.15) is 0 Å². The number of hydrogen-bond donors (Lipinski definition) is 4. The summed E-state index contributed by atoms with van der Waals surface area (Å²) in [6.07, 6.45) is 3.31. The molecule has 5 aliphatic carbocycles. The fraction of sp³-hybridized carbons (Fsp3) is 0.590. The number of carbonyl (C=O) groups excluding carboxylic acids is 2. The molecule has 0 saturated heterocycles. The Hall–Kier alpha value is -3.32. The second kappa shape index (κ2) is 9.40. The molecule has 1 spiro atoms. The SMILES string of the molecule is CC(C)C1=C2O[C@@]3(C4=C2C(=C(O)C1=O)[C@@]1(C)CCCC(C)(C)[C@@H]1C4)C(C(C)C)=C(O)C(=O)c1c3cc(O)c2c1[C@@H](O)CCC2(C)C. The summed E-state index contributed by atoms with van der Waals surface area (Å²) in [7, 11) is 0. The van der Waals surface area contributed by atoms with Crippen molar-refractivity contribution in [3.8, 4) is 5.75 Å². The molecule has 246 valence electrons. The standard InChI is InChI=1S/C39H48O7/c1-17(2)24-31(42)34(45)30-26-20(16-23-36(5,6)12-10-13-38(23,30)9)39(46-35(24)26)19-15-22(41)29-27(21(40)11-14-37(29,7)8)25(19)32(43)33(44)28(39)18(3)4/h15,17-18,21,23,40-41,44-45H,10-14,16H2,1-9H3/t21-,23-,38-,39-/m0/s1. The average Bonchev–Trinajstić information content (AvgIpc) is 3.25. The van der Waals surface area contributed by atoms with Crippen LogP contribution in [-0.4, -0.2) is 32.0 Å². The predicted octanol–water partition coefficient (Wildman–Crippen LogP) is 8.22. The number of ketones is 2. The van der Waals surface area contributed by atoms with Gasteiger partial charge in [-0.15, -0.1) is 0 Å². The number of rotatable bonds is 2. The Kier molecular flexibility index (Phi) is 6.39. The number of Topliss-reactive ketones (excluding diaryl/α,β-unsaturated/α-hetero) is 2. The first-order valence-electron chi connectivity index (χ1n) is 17.1. The Morgan fingerprint density at radius 2 is 1.57 bits per heavy atom. The summed E-state index contributed by atoms with van der Waals surface area (Å²) in [6.45, 7) is 18.3. The zero-order chi connectivity index (χ0) is 33.6. The molecule has 7 nitrogen and oxygen atoms in total. The van der Waals surface area contributed by atoms with Gasteiger partial charge in [-0.3, -0.25) is 9.59 Å². The number of ether oxygens (including phenoxy) is 1. The molecule has 0 bridgehead atoms. The molecule has 1 aromatic carbocycles. The van der Waals surface area contributed by atoms with Crippen LogP contribution in [0.1, 0.15) is 134 Å². The number of aliphatic hydroxyl groups is 3. The van der Waals surface area contributed by atoms with Crippen molar-refractivity contribution >= 4 is 11.6 Å². The Morgan fingerprint density at radius 1 is 0.891 bits per heavy atom. The summed E-state index contributed by atoms with van der Waals surface area (Å²) in [6, 6.07) is 1.62. The van der Waals surface area contributed by atoms with Gasteiger partial charge in [0.2, 0.25) is 11.6 Å². The highest BCUT2D eigenvalue weighted by Gasteiger charge is 2.65. The molecule has 0 amide bonds. The van der Waals surface area contributed by atoms with E-state index in [2.05, 4.69) is 20.8 Å². The van der Waals surface area contributed by atoms with Crippen LogP contribution in [-0.2, 0) is 20.5 Å². The second-order valence-corrected chi connectivity index (χ2v) is 16.9. The molecule has 1 heterocycles. The molecule has 0 unspecified atom stereocenters. The largest absolute Gasteiger partial charge is 0.508 e. The monoisotopic (exact) mass is 628 g/mol. The number of aromatic hydroxyl groups is 1. The van der Waals surface area contributed by atoms with Crippen molar-refractivity contribution in [3.63, 3.8) is 0 Å². The average molecular weight is 629 g/mol. The number of allylic oxidation sites excluding steroid dienone is 3. The number of phenolic OH excluding ortho intramolecular Hbond substituents is 1. The first kappa shape index (κ1) is 31.3. The van der Waals surface area contributed by atoms with Gasteiger partial charge in [0.25, 0.3) is 0 Å². The van der Waals surface area contributed by atoms with Gasteiger partial charge in [-0.25, -0.2) is 0 Å². The van der Waals surface area contributed by atoms with E-state index in [1.54, 1.807) is 6.07 Å². The van der Waals surface area contributed by atoms with Crippen molar-refractivity contribution in [2.45, 2.75) is 118 Å². The first-order valence-corrected chi connectivity index (χ1v) is 17.1. The van der Waals surface area contributed by atoms with Crippen molar-refractivity contribution in [2.75, 3.05) is 0 Å². The molecule has 1 aliphatic heterocycles. The van der Waals surface area contributed by atoms with E-state index in [0.717, 1.165) is 24.8 Å². The quantitative estimate of drug-likeness (QED) is 0.260. The summed E-state index contributed by atoms with van der Waals surface area (Å²) in [5.74, 6) is -1.94. The van der Waals surface area contributed by atoms with Crippen LogP contribution in [0.2, 0.25) is 0 Å². The highest BCUT2D eigenvalue weighted by Crippen LogP contribution is 2.71. The summed E-state index contributed by atoms with van der Waals surface area (Å²) < 4.78 is 7.25. The minimum absolute atomic E-state index is 0.0188. The van der Waals surface area contributed by atoms with E-state index in [1.807, 2.05) is 41.5 Å². The maximum absolute atomic E-state index is 14.4. The topological polar surface area (TPSA) is 124 Å². The summed E-state index contributed by atoms with van der Waals surface area (Å²) in [5.41, 5.74) is 1.60. The van der Waals surface area contributed by atoms with E-state index in [4.69, 9.17) is 4.74 Å². The lowest BCUT2D eigenvalue weighted by atomic mass is 9.47. The fourth-order valence-electron chi connectivity index (χ4n) is 10.6. The maximum atomic E-state index is 14.4. The van der Waals surface area contributed by atoms with Gasteiger partial charge in [0.15, 0.2) is 17.1 Å². The van der Waals surface area contributed by atoms with Crippen molar-refractivity contribution < 1.29 is 34.8 Å². The molecule has 7 heteroatoms. The van der Waals surface area contributed by atoms with Gasteiger partial charge >= 0.3 is 0 Å². The Labute approximate surface area is 271 Å². The number of phenols is 1. The van der Waals surface area contributed by atoms with E-state index in [-0.39, 0.29) is 40.2 Å². The molecule has 4 atom stereocenters. The van der Waals surface area contributed by atoms with Crippen LogP contribution in [0.4, 0.5) is 0 Å². The van der Waals surface area contributed by atoms with E-state index in [0.29, 0.717) is 64.0 Å². The van der Waals surface area contributed by atoms with Crippen molar-refractivity contribution in [1.29, 1.82) is 0 Å². The minimum atomic E-state index is -1.52. The number of fused-ring (bicyclic) bond motifs is 7. The van der Waals surface area contributed by atoms with Gasteiger partial charge in [0.1, 0.15) is 11.5 Å². The summed E-state index contributed by atoms with van der Waals surface area (Å²) in [5, 5.41) is 47.2. The zero-order valence-electron chi connectivity index (χ0n) is 28.6. The van der Waals surface area contributed by atoms with Crippen LogP contribution in [0.3, 0.4) is 0 Å². The third-order valence-corrected chi connectivity index (χ3v) is 12.6. The maximum Gasteiger partial charge on any atom is 0.228 e. The number of carbonyl (C=O) groups is 2. The molecule has 0 aromatic heterocycles. The molecule has 1 fully saturated rings. The lowest BCUT2D eigenvalue weighted by Crippen LogP contribution is -2.49. The second-order valence-electron chi connectivity index (χ2n) is 16.9. The Bertz CT molecular complexity index is 1780. The zero-order valence-corrected chi connectivity index (χ0v) is 28.6. The molecular weight excluding hydrogens is 580 g/mol. The lowest BCUT2D eigenvalue weighted by molar-refractivity contribution is -0.115. The van der Waals surface area contributed by atoms with E-state index < -0.39 is 39.9 Å². The Balaban J connectivity index is 1.68. The highest BCUT2D eigenvalue weighted by atomic mass is 16.5. The number of hydrogen-bond acceptors (Lipinski definition) is 7. The van der Waals surface area contributed by atoms with Crippen LogP contribution in [0.25, 0.3) is 0 Å². The minimum Gasteiger partial charge on any atom is -0.508 e. The number of aliphatic hydroxyl groups excluding tert-OH is 3. The van der Waals surface area contributed by atoms with Gasteiger partial charge in [0, 0.05) is 44.4 Å². The molecule has 1 aromatic rings. The van der Waals surface area contributed by atoms with E-state index >= 15 is 0 Å². The van der Waals surface area contributed by atoms with Crippen LogP contribution >= 0.6 is 0 Å². The van der Waals surface area contributed by atoms with Crippen LogP contribution in [0.5, 0.6) is 5.75 Å². The van der Waals surface area contributed by atoms with Crippen molar-refractivity contribution in [2.24, 2.45) is 28.6 Å². The van der Waals surface area contributed by atoms with Crippen LogP contribution in [0.15, 0.2) is 51.2 Å². The van der Waals surface area contributed by atoms with E-state index in [9.17, 15) is 30.0 Å². The smallest absolute Gasteiger partial charge is 0.228 e. The third kappa shape index (κ3) is 3.58. The third-order valence-electron chi connectivity index (χ3n) is 12.6. The molecule has 46 heavy (non-hydrogen) atoms. The summed E-state index contributed by atoms with van der Waals surface area (Å²) >= 11 is 0. The normalized spacial score (nSPS) is 32.7. The molecule has 4 N–H and O–H groups in total. The molecule has 1 saturated carbocycles. The molecule has 7 rings (SSSR count). The predicted molar refractivity (Wildman–Crippen MR) is 174 cm³/mol. The number of benzene rings is 1. The lowest BCUT2D eigenvalue weighted by Gasteiger charge is -2.56. The van der Waals surface area contributed by atoms with Crippen LogP contribution in [0, 0.1) is 28.6 Å². The first-order chi connectivity index (χ1) is 21.3. The highest BCUT2D eigenvalue weighted by molar-refractivity contribution is 6.14. The molecule has 0 radical (unpaired) electrons. The van der Waals surface area contributed by atoms with Crippen molar-refractivity contribution in [3.05, 3.63) is 73.5 Å². The van der Waals surface area contributed by atoms with E-state index in [1.165, 1.54) is 0 Å². The fourth-order valence-corrected chi connectivity index (χ4v) is 10.6. The van der Waals surface area contributed by atoms with Gasteiger partial charge < -0.3 is 25.2 Å². The van der Waals surface area contributed by atoms with Gasteiger partial charge in [0.05, 0.1) is 6.10 Å². The summed E-state index contributed by atoms with van der Waals surface area (Å²) in [4.78, 5) is 28.5. The van der Waals surface area contributed by atoms with Crippen LogP contribution < -0.4 is 0 Å². The van der Waals surface area contributed by atoms with Crippen molar-refractivity contribution in [1.82, 2.24) is 0 Å². The van der Waals surface area contributed by atoms with Gasteiger partial charge in [-0.05, 0) is 77.9 Å².